The van der Waals surface area contributed by atoms with Crippen molar-refractivity contribution in [2.24, 2.45) is 0 Å². The zero-order chi connectivity index (χ0) is 16.9. The van der Waals surface area contributed by atoms with Crippen LogP contribution < -0.4 is 4.90 Å². The zero-order valence-corrected chi connectivity index (χ0v) is 14.8. The van der Waals surface area contributed by atoms with Gasteiger partial charge >= 0.3 is 0 Å². The van der Waals surface area contributed by atoms with E-state index in [0.29, 0.717) is 11.7 Å². The fourth-order valence-electron chi connectivity index (χ4n) is 2.77. The minimum atomic E-state index is -0.190. The summed E-state index contributed by atoms with van der Waals surface area (Å²) >= 11 is 1.42. The third-order valence-corrected chi connectivity index (χ3v) is 5.20. The van der Waals surface area contributed by atoms with Crippen LogP contribution in [0.1, 0.15) is 13.8 Å². The number of nitrogens with zero attached hydrogens (tertiary/aromatic N) is 6. The van der Waals surface area contributed by atoms with Gasteiger partial charge in [0, 0.05) is 38.4 Å². The number of anilines is 1. The van der Waals surface area contributed by atoms with Crippen molar-refractivity contribution in [2.75, 3.05) is 31.1 Å². The molecule has 1 aliphatic heterocycles. The Labute approximate surface area is 146 Å². The van der Waals surface area contributed by atoms with Gasteiger partial charge in [0.25, 0.3) is 0 Å². The monoisotopic (exact) mass is 346 g/mol. The Kier molecular flexibility index (Phi) is 5.34. The van der Waals surface area contributed by atoms with E-state index in [-0.39, 0.29) is 11.2 Å². The number of hydrogen-bond donors (Lipinski definition) is 0. The summed E-state index contributed by atoms with van der Waals surface area (Å²) in [5.41, 5.74) is 1.22. The molecule has 0 aliphatic carbocycles. The van der Waals surface area contributed by atoms with Gasteiger partial charge < -0.3 is 9.80 Å². The second-order valence-corrected chi connectivity index (χ2v) is 6.99. The summed E-state index contributed by atoms with van der Waals surface area (Å²) in [4.78, 5) is 16.9. The van der Waals surface area contributed by atoms with Crippen LogP contribution in [-0.4, -0.2) is 62.4 Å². The summed E-state index contributed by atoms with van der Waals surface area (Å²) in [5.74, 6) is 0.151. The van der Waals surface area contributed by atoms with E-state index in [2.05, 4.69) is 32.6 Å². The average Bonchev–Trinajstić information content (AvgIpc) is 3.09. The first kappa shape index (κ1) is 16.8. The number of tetrazole rings is 1. The smallest absolute Gasteiger partial charge is 0.236 e. The molecule has 1 fully saturated rings. The Morgan fingerprint density at radius 2 is 1.92 bits per heavy atom. The van der Waals surface area contributed by atoms with E-state index >= 15 is 0 Å². The molecule has 1 saturated heterocycles. The first-order valence-corrected chi connectivity index (χ1v) is 9.08. The predicted molar refractivity (Wildman–Crippen MR) is 94.0 cm³/mol. The zero-order valence-electron chi connectivity index (χ0n) is 14.0. The van der Waals surface area contributed by atoms with Crippen molar-refractivity contribution in [1.29, 1.82) is 0 Å². The van der Waals surface area contributed by atoms with Crippen molar-refractivity contribution in [3.63, 3.8) is 0 Å². The van der Waals surface area contributed by atoms with E-state index in [1.165, 1.54) is 17.4 Å². The van der Waals surface area contributed by atoms with Crippen molar-refractivity contribution < 1.29 is 4.79 Å². The normalized spacial score (nSPS) is 16.2. The molecule has 128 valence electrons. The van der Waals surface area contributed by atoms with E-state index in [0.717, 1.165) is 26.2 Å². The first-order chi connectivity index (χ1) is 11.7. The van der Waals surface area contributed by atoms with Gasteiger partial charge in [-0.3, -0.25) is 4.79 Å². The Bertz CT molecular complexity index is 668. The predicted octanol–water partition coefficient (Wildman–Crippen LogP) is 1.52. The number of hydrogen-bond acceptors (Lipinski definition) is 6. The Hall–Kier alpha value is -2.09. The maximum absolute atomic E-state index is 12.7. The lowest BCUT2D eigenvalue weighted by Crippen LogP contribution is -2.50. The van der Waals surface area contributed by atoms with E-state index in [1.807, 2.05) is 36.9 Å². The molecule has 2 heterocycles. The van der Waals surface area contributed by atoms with Gasteiger partial charge in [-0.05, 0) is 36.4 Å². The number of aryl methyl sites for hydroxylation is 1. The highest BCUT2D eigenvalue weighted by molar-refractivity contribution is 8.00. The molecule has 2 aromatic rings. The highest BCUT2D eigenvalue weighted by Gasteiger charge is 2.26. The second kappa shape index (κ2) is 7.65. The number of rotatable bonds is 5. The van der Waals surface area contributed by atoms with Crippen LogP contribution >= 0.6 is 11.8 Å². The number of thioether (sulfide) groups is 1. The van der Waals surface area contributed by atoms with Crippen LogP contribution in [0.5, 0.6) is 0 Å². The number of carbonyl (C=O) groups is 1. The van der Waals surface area contributed by atoms with E-state index < -0.39 is 0 Å². The molecule has 1 atom stereocenters. The van der Waals surface area contributed by atoms with E-state index in [1.54, 1.807) is 4.68 Å². The Morgan fingerprint density at radius 3 is 2.58 bits per heavy atom. The van der Waals surface area contributed by atoms with Gasteiger partial charge in [0.2, 0.25) is 11.1 Å². The molecule has 0 unspecified atom stereocenters. The molecule has 1 aliphatic rings. The molecule has 0 saturated carbocycles. The number of amides is 1. The number of aromatic nitrogens is 4. The van der Waals surface area contributed by atoms with Crippen molar-refractivity contribution in [2.45, 2.75) is 30.8 Å². The molecule has 0 N–H and O–H groups in total. The third kappa shape index (κ3) is 3.69. The van der Waals surface area contributed by atoms with Crippen LogP contribution in [0.15, 0.2) is 35.5 Å². The van der Waals surface area contributed by atoms with Crippen LogP contribution in [0.3, 0.4) is 0 Å². The van der Waals surface area contributed by atoms with Gasteiger partial charge in [0.15, 0.2) is 0 Å². The summed E-state index contributed by atoms with van der Waals surface area (Å²) in [6.07, 6.45) is 0. The largest absolute Gasteiger partial charge is 0.368 e. The summed E-state index contributed by atoms with van der Waals surface area (Å²) in [6, 6.07) is 10.3. The van der Waals surface area contributed by atoms with E-state index in [9.17, 15) is 4.79 Å². The molecule has 3 rings (SSSR count). The van der Waals surface area contributed by atoms with Gasteiger partial charge in [-0.1, -0.05) is 30.0 Å². The Morgan fingerprint density at radius 1 is 1.21 bits per heavy atom. The van der Waals surface area contributed by atoms with Crippen molar-refractivity contribution in [3.05, 3.63) is 30.3 Å². The highest BCUT2D eigenvalue weighted by atomic mass is 32.2. The lowest BCUT2D eigenvalue weighted by Gasteiger charge is -2.37. The third-order valence-electron chi connectivity index (χ3n) is 4.14. The summed E-state index contributed by atoms with van der Waals surface area (Å²) in [7, 11) is 0. The maximum atomic E-state index is 12.7. The fraction of sp³-hybridized carbons (Fsp3) is 0.500. The number of benzene rings is 1. The molecule has 0 radical (unpaired) electrons. The minimum absolute atomic E-state index is 0.151. The summed E-state index contributed by atoms with van der Waals surface area (Å²) in [5, 5.41) is 12.1. The standard InChI is InChI=1S/C16H22N6OS/c1-3-22-16(17-18-19-22)24-13(2)15(23)21-11-9-20(10-12-21)14-7-5-4-6-8-14/h4-8,13H,3,9-12H2,1-2H3/t13-/m1/s1. The number of carbonyl (C=O) groups excluding carboxylic acids is 1. The van der Waals surface area contributed by atoms with Gasteiger partial charge in [0.05, 0.1) is 5.25 Å². The lowest BCUT2D eigenvalue weighted by atomic mass is 10.2. The molecule has 0 bridgehead atoms. The highest BCUT2D eigenvalue weighted by Crippen LogP contribution is 2.23. The van der Waals surface area contributed by atoms with Crippen LogP contribution in [-0.2, 0) is 11.3 Å². The van der Waals surface area contributed by atoms with E-state index in [4.69, 9.17) is 0 Å². The van der Waals surface area contributed by atoms with Gasteiger partial charge in [0.1, 0.15) is 0 Å². The molecule has 1 aromatic heterocycles. The minimum Gasteiger partial charge on any atom is -0.368 e. The molecule has 7 nitrogen and oxygen atoms in total. The second-order valence-electron chi connectivity index (χ2n) is 5.69. The summed E-state index contributed by atoms with van der Waals surface area (Å²) < 4.78 is 1.71. The number of para-hydroxylation sites is 1. The van der Waals surface area contributed by atoms with Gasteiger partial charge in [-0.2, -0.15) is 0 Å². The fourth-order valence-corrected chi connectivity index (χ4v) is 3.71. The molecule has 0 spiro atoms. The first-order valence-electron chi connectivity index (χ1n) is 8.20. The van der Waals surface area contributed by atoms with Gasteiger partial charge in [-0.25, -0.2) is 4.68 Å². The summed E-state index contributed by atoms with van der Waals surface area (Å²) in [6.45, 7) is 7.82. The molecule has 8 heteroatoms. The van der Waals surface area contributed by atoms with Crippen molar-refractivity contribution in [3.8, 4) is 0 Å². The van der Waals surface area contributed by atoms with Crippen molar-refractivity contribution in [1.82, 2.24) is 25.1 Å². The average molecular weight is 346 g/mol. The molecular weight excluding hydrogens is 324 g/mol. The van der Waals surface area contributed by atoms with Crippen molar-refractivity contribution >= 4 is 23.4 Å². The Balaban J connectivity index is 1.55. The van der Waals surface area contributed by atoms with Crippen LogP contribution in [0.4, 0.5) is 5.69 Å². The quantitative estimate of drug-likeness (QED) is 0.765. The molecule has 1 aromatic carbocycles. The molecular formula is C16H22N6OS. The lowest BCUT2D eigenvalue weighted by molar-refractivity contribution is -0.130. The van der Waals surface area contributed by atoms with Gasteiger partial charge in [-0.15, -0.1) is 5.10 Å². The molecule has 1 amide bonds. The maximum Gasteiger partial charge on any atom is 0.236 e. The topological polar surface area (TPSA) is 67.2 Å². The van der Waals surface area contributed by atoms with Crippen LogP contribution in [0.25, 0.3) is 0 Å². The molecule has 24 heavy (non-hydrogen) atoms. The SMILES string of the molecule is CCn1nnnc1S[C@H](C)C(=O)N1CCN(c2ccccc2)CC1. The van der Waals surface area contributed by atoms with Crippen LogP contribution in [0.2, 0.25) is 0 Å². The number of piperazine rings is 1. The van der Waals surface area contributed by atoms with Crippen LogP contribution in [0, 0.1) is 0 Å².